The summed E-state index contributed by atoms with van der Waals surface area (Å²) in [7, 11) is 0. The summed E-state index contributed by atoms with van der Waals surface area (Å²) in [6, 6.07) is 31.6. The van der Waals surface area contributed by atoms with Crippen molar-refractivity contribution in [3.63, 3.8) is 0 Å². The Morgan fingerprint density at radius 3 is 1.93 bits per heavy atom. The van der Waals surface area contributed by atoms with Crippen molar-refractivity contribution in [1.82, 2.24) is 14.0 Å². The third-order valence-corrected chi connectivity index (χ3v) is 7.12. The summed E-state index contributed by atoms with van der Waals surface area (Å²) >= 11 is 0. The van der Waals surface area contributed by atoms with Gasteiger partial charge in [-0.25, -0.2) is 4.79 Å². The highest BCUT2D eigenvalue weighted by atomic mass is 16.6. The van der Waals surface area contributed by atoms with E-state index in [1.807, 2.05) is 95.6 Å². The smallest absolute Gasteiger partial charge is 0.355 e. The van der Waals surface area contributed by atoms with Crippen LogP contribution in [0.1, 0.15) is 22.9 Å². The van der Waals surface area contributed by atoms with Gasteiger partial charge in [0.15, 0.2) is 6.23 Å². The van der Waals surface area contributed by atoms with E-state index < -0.39 is 30.2 Å². The average Bonchev–Trinajstić information content (AvgIpc) is 3.57. The molecule has 3 heterocycles. The van der Waals surface area contributed by atoms with E-state index in [-0.39, 0.29) is 5.82 Å². The van der Waals surface area contributed by atoms with Gasteiger partial charge in [0.25, 0.3) is 0 Å². The molecule has 0 bridgehead atoms. The molecule has 0 radical (unpaired) electrons. The summed E-state index contributed by atoms with van der Waals surface area (Å²) in [6.07, 6.45) is 1.39. The number of ether oxygens (including phenoxy) is 4. The molecule has 5 aromatic rings. The van der Waals surface area contributed by atoms with Crippen molar-refractivity contribution in [2.75, 3.05) is 12.3 Å². The van der Waals surface area contributed by atoms with Crippen LogP contribution in [0.4, 0.5) is 5.82 Å². The highest BCUT2D eigenvalue weighted by Crippen LogP contribution is 2.36. The van der Waals surface area contributed by atoms with Crippen molar-refractivity contribution in [3.8, 4) is 0 Å². The van der Waals surface area contributed by atoms with Crippen LogP contribution in [0.3, 0.4) is 0 Å². The third kappa shape index (κ3) is 6.23. The van der Waals surface area contributed by atoms with E-state index >= 15 is 0 Å². The normalized spacial score (nSPS) is 20.5. The predicted molar refractivity (Wildman–Crippen MR) is 154 cm³/mol. The molecule has 2 N–H and O–H groups in total. The van der Waals surface area contributed by atoms with Crippen molar-refractivity contribution in [2.45, 2.75) is 44.4 Å². The second kappa shape index (κ2) is 12.5. The maximum atomic E-state index is 12.5. The number of imidazole rings is 1. The Bertz CT molecular complexity index is 1610. The fraction of sp³-hybridized carbons (Fsp3) is 0.250. The number of benzene rings is 3. The van der Waals surface area contributed by atoms with E-state index in [1.54, 1.807) is 18.5 Å². The molecule has 0 spiro atoms. The van der Waals surface area contributed by atoms with Crippen molar-refractivity contribution in [2.24, 2.45) is 0 Å². The predicted octanol–water partition coefficient (Wildman–Crippen LogP) is 4.36. The fourth-order valence-electron chi connectivity index (χ4n) is 5.11. The van der Waals surface area contributed by atoms with E-state index in [9.17, 15) is 4.79 Å². The zero-order valence-corrected chi connectivity index (χ0v) is 22.5. The molecular formula is C32H32N4O5. The number of fused-ring (bicyclic) bond motifs is 1. The number of nitrogens with zero attached hydrogens (tertiary/aromatic N) is 3. The summed E-state index contributed by atoms with van der Waals surface area (Å²) in [5.74, 6) is 0.134. The quantitative estimate of drug-likeness (QED) is 0.260. The van der Waals surface area contributed by atoms with Gasteiger partial charge in [0.2, 0.25) is 0 Å². The van der Waals surface area contributed by atoms with Gasteiger partial charge in [-0.1, -0.05) is 91.0 Å². The summed E-state index contributed by atoms with van der Waals surface area (Å²) in [5, 5.41) is 0. The first-order chi connectivity index (χ1) is 20.2. The summed E-state index contributed by atoms with van der Waals surface area (Å²) in [4.78, 5) is 16.4. The van der Waals surface area contributed by atoms with Crippen LogP contribution in [0.15, 0.2) is 114 Å². The van der Waals surface area contributed by atoms with Crippen molar-refractivity contribution in [3.05, 3.63) is 137 Å². The summed E-state index contributed by atoms with van der Waals surface area (Å²) in [6.45, 7) is 1.47. The molecule has 1 aliphatic heterocycles. The summed E-state index contributed by atoms with van der Waals surface area (Å²) < 4.78 is 29.2. The fourth-order valence-corrected chi connectivity index (χ4v) is 5.11. The van der Waals surface area contributed by atoms with Crippen molar-refractivity contribution >= 4 is 11.5 Å². The second-order valence-corrected chi connectivity index (χ2v) is 9.99. The average molecular weight is 553 g/mol. The maximum absolute atomic E-state index is 12.5. The molecule has 6 rings (SSSR count). The van der Waals surface area contributed by atoms with Crippen molar-refractivity contribution < 1.29 is 18.9 Å². The molecule has 0 amide bonds. The topological polar surface area (TPSA) is 102 Å². The number of nitrogens with two attached hydrogens (primary N) is 1. The zero-order chi connectivity index (χ0) is 28.0. The maximum Gasteiger partial charge on any atom is 0.355 e. The molecule has 210 valence electrons. The van der Waals surface area contributed by atoms with E-state index in [0.29, 0.717) is 32.1 Å². The van der Waals surface area contributed by atoms with Crippen molar-refractivity contribution in [1.29, 1.82) is 0 Å². The molecule has 0 saturated carbocycles. The highest BCUT2D eigenvalue weighted by Gasteiger charge is 2.47. The van der Waals surface area contributed by atoms with Crippen LogP contribution in [-0.4, -0.2) is 38.9 Å². The molecule has 41 heavy (non-hydrogen) atoms. The molecule has 0 unspecified atom stereocenters. The first-order valence-corrected chi connectivity index (χ1v) is 13.6. The minimum atomic E-state index is -0.615. The molecule has 1 aliphatic rings. The minimum Gasteiger partial charge on any atom is -0.383 e. The standard InChI is InChI=1S/C32H32N4O5/c33-27-18-28-35(16-17-36(28)32(37)34-27)31-30(40-21-25-14-8-3-9-15-25)29(39-20-24-12-6-2-7-13-24)26(41-31)22-38-19-23-10-4-1-5-11-23/h1-18,26,29-31H,19-22H2,(H2,33,34,37)/t26-,29-,30+,31-/m1/s1. The molecule has 3 aromatic carbocycles. The zero-order valence-electron chi connectivity index (χ0n) is 22.5. The van der Waals surface area contributed by atoms with E-state index in [4.69, 9.17) is 24.7 Å². The Balaban J connectivity index is 1.32. The molecule has 2 aromatic heterocycles. The molecule has 0 aliphatic carbocycles. The van der Waals surface area contributed by atoms with Gasteiger partial charge < -0.3 is 29.2 Å². The molecule has 9 heteroatoms. The van der Waals surface area contributed by atoms with E-state index in [2.05, 4.69) is 4.98 Å². The summed E-state index contributed by atoms with van der Waals surface area (Å²) in [5.41, 5.74) is 9.18. The number of nitrogen functional groups attached to an aromatic ring is 1. The van der Waals surface area contributed by atoms with Gasteiger partial charge in [0.1, 0.15) is 29.8 Å². The van der Waals surface area contributed by atoms with Crippen LogP contribution in [0.5, 0.6) is 0 Å². The lowest BCUT2D eigenvalue weighted by atomic mass is 10.1. The number of hydrogen-bond donors (Lipinski definition) is 1. The van der Waals surface area contributed by atoms with E-state index in [1.165, 1.54) is 4.40 Å². The Morgan fingerprint density at radius 2 is 1.32 bits per heavy atom. The molecular weight excluding hydrogens is 520 g/mol. The van der Waals surface area contributed by atoms with Gasteiger partial charge in [-0.3, -0.25) is 4.40 Å². The van der Waals surface area contributed by atoms with Gasteiger partial charge in [-0.05, 0) is 16.7 Å². The van der Waals surface area contributed by atoms with Crippen LogP contribution >= 0.6 is 0 Å². The SMILES string of the molecule is Nc1cc2n([C@@H]3O[C@H](COCc4ccccc4)[C@@H](OCc4ccccc4)[C@@H]3OCc3ccccc3)ccn2c(=O)n1. The third-order valence-electron chi connectivity index (χ3n) is 7.12. The van der Waals surface area contributed by atoms with Gasteiger partial charge in [-0.15, -0.1) is 0 Å². The Kier molecular flexibility index (Phi) is 8.20. The van der Waals surface area contributed by atoms with Crippen LogP contribution in [0.2, 0.25) is 0 Å². The van der Waals surface area contributed by atoms with Crippen LogP contribution in [0.25, 0.3) is 5.65 Å². The van der Waals surface area contributed by atoms with Gasteiger partial charge >= 0.3 is 5.69 Å². The first kappa shape index (κ1) is 26.9. The van der Waals surface area contributed by atoms with E-state index in [0.717, 1.165) is 16.7 Å². The molecule has 4 atom stereocenters. The lowest BCUT2D eigenvalue weighted by Gasteiger charge is -2.26. The van der Waals surface area contributed by atoms with Gasteiger partial charge in [0.05, 0.1) is 26.4 Å². The Hall–Kier alpha value is -4.28. The van der Waals surface area contributed by atoms with Crippen LogP contribution in [0, 0.1) is 0 Å². The molecule has 1 saturated heterocycles. The highest BCUT2D eigenvalue weighted by molar-refractivity contribution is 5.48. The molecule has 1 fully saturated rings. The largest absolute Gasteiger partial charge is 0.383 e. The number of anilines is 1. The second-order valence-electron chi connectivity index (χ2n) is 9.99. The number of aromatic nitrogens is 3. The van der Waals surface area contributed by atoms with Crippen LogP contribution < -0.4 is 11.4 Å². The minimum absolute atomic E-state index is 0.134. The van der Waals surface area contributed by atoms with Gasteiger partial charge in [-0.2, -0.15) is 4.98 Å². The van der Waals surface area contributed by atoms with Crippen LogP contribution in [-0.2, 0) is 38.8 Å². The number of hydrogen-bond acceptors (Lipinski definition) is 7. The monoisotopic (exact) mass is 552 g/mol. The Morgan fingerprint density at radius 1 is 0.756 bits per heavy atom. The number of rotatable bonds is 11. The Labute approximate surface area is 237 Å². The van der Waals surface area contributed by atoms with Gasteiger partial charge in [0, 0.05) is 18.5 Å². The molecule has 9 nitrogen and oxygen atoms in total. The lowest BCUT2D eigenvalue weighted by Crippen LogP contribution is -2.38. The lowest BCUT2D eigenvalue weighted by molar-refractivity contribution is -0.0913. The first-order valence-electron chi connectivity index (χ1n) is 13.6.